The Labute approximate surface area is 109 Å². The molecule has 0 amide bonds. The van der Waals surface area contributed by atoms with Gasteiger partial charge < -0.3 is 0 Å². The zero-order chi connectivity index (χ0) is 13.2. The summed E-state index contributed by atoms with van der Waals surface area (Å²) in [5.74, 6) is 0.447. The summed E-state index contributed by atoms with van der Waals surface area (Å²) in [7, 11) is 0. The summed E-state index contributed by atoms with van der Waals surface area (Å²) < 4.78 is 8.60. The molecule has 4 heteroatoms. The molecule has 1 aromatic rings. The third kappa shape index (κ3) is 3.10. The van der Waals surface area contributed by atoms with Gasteiger partial charge in [0.15, 0.2) is 0 Å². The molecular weight excluding hydrogens is 256 g/mol. The van der Waals surface area contributed by atoms with E-state index in [0.29, 0.717) is 0 Å². The average molecular weight is 274 g/mol. The fourth-order valence-electron chi connectivity index (χ4n) is 1.66. The number of carbonyl (C=O) groups is 1. The van der Waals surface area contributed by atoms with Gasteiger partial charge in [0, 0.05) is 0 Å². The minimum absolute atomic E-state index is 0.0188. The van der Waals surface area contributed by atoms with Gasteiger partial charge in [0.1, 0.15) is 0 Å². The molecule has 0 heterocycles. The second-order valence-electron chi connectivity index (χ2n) is 4.69. The molecule has 0 unspecified atom stereocenters. The molecular formula is C13H18CrO3. The Morgan fingerprint density at radius 2 is 1.76 bits per heavy atom. The van der Waals surface area contributed by atoms with Crippen molar-refractivity contribution >= 4 is 4.65 Å². The van der Waals surface area contributed by atoms with Crippen LogP contribution in [0.5, 0.6) is 5.75 Å². The fourth-order valence-corrected chi connectivity index (χ4v) is 2.05. The third-order valence-electron chi connectivity index (χ3n) is 2.75. The summed E-state index contributed by atoms with van der Waals surface area (Å²) in [4.78, 5) is 11.6. The predicted molar refractivity (Wildman–Crippen MR) is 62.8 cm³/mol. The number of phenols is 1. The zero-order valence-corrected chi connectivity index (χ0v) is 11.8. The molecule has 3 nitrogen and oxygen atoms in total. The monoisotopic (exact) mass is 274 g/mol. The van der Waals surface area contributed by atoms with E-state index in [0.717, 1.165) is 11.1 Å². The normalized spacial score (nSPS) is 11.2. The molecule has 0 atom stereocenters. The molecule has 0 saturated heterocycles. The van der Waals surface area contributed by atoms with E-state index < -0.39 is 15.6 Å². The van der Waals surface area contributed by atoms with Crippen LogP contribution in [0.1, 0.15) is 61.0 Å². The van der Waals surface area contributed by atoms with Gasteiger partial charge in [0.2, 0.25) is 0 Å². The predicted octanol–water partition coefficient (Wildman–Crippen LogP) is 2.77. The van der Waals surface area contributed by atoms with Crippen LogP contribution in [0.4, 0.5) is 0 Å². The Hall–Kier alpha value is -0.818. The Balaban J connectivity index is 3.43. The van der Waals surface area contributed by atoms with E-state index in [1.807, 2.05) is 33.8 Å². The molecule has 2 N–H and O–H groups in total. The zero-order valence-electron chi connectivity index (χ0n) is 10.5. The van der Waals surface area contributed by atoms with Crippen LogP contribution in [0.3, 0.4) is 0 Å². The molecule has 0 spiro atoms. The summed E-state index contributed by atoms with van der Waals surface area (Å²) >= 11 is -1.11. The maximum absolute atomic E-state index is 11.6. The average Bonchev–Trinajstić information content (AvgIpc) is 2.27. The van der Waals surface area contributed by atoms with Crippen LogP contribution in [0.25, 0.3) is 0 Å². The van der Waals surface area contributed by atoms with Crippen LogP contribution in [0.2, 0.25) is 0 Å². The first-order valence-electron chi connectivity index (χ1n) is 5.61. The second kappa shape index (κ2) is 5.68. The standard InChI is InChI=1S/C13H17O2.Cr.H2O/c1-8(2)10-5-11(7-14)13(15)12(6-10)9(3)4;;/h5-6,8-9,15H,1-4H3;;1H2/q;+1;/p-1. The molecule has 0 aromatic heterocycles. The molecule has 1 aromatic carbocycles. The molecule has 0 bridgehead atoms. The third-order valence-corrected chi connectivity index (χ3v) is 3.36. The van der Waals surface area contributed by atoms with Crippen molar-refractivity contribution in [3.63, 3.8) is 0 Å². The first-order valence-corrected chi connectivity index (χ1v) is 6.81. The van der Waals surface area contributed by atoms with Crippen molar-refractivity contribution in [2.24, 2.45) is 0 Å². The Morgan fingerprint density at radius 1 is 1.18 bits per heavy atom. The number of phenolic OH excluding ortho intramolecular Hbond substituents is 1. The van der Waals surface area contributed by atoms with Gasteiger partial charge in [0.05, 0.1) is 0 Å². The number of aromatic hydroxyl groups is 1. The topological polar surface area (TPSA) is 57.5 Å². The number of hydrogen-bond acceptors (Lipinski definition) is 3. The summed E-state index contributed by atoms with van der Waals surface area (Å²) in [5.41, 5.74) is 2.03. The van der Waals surface area contributed by atoms with Crippen molar-refractivity contribution in [1.82, 2.24) is 0 Å². The summed E-state index contributed by atoms with van der Waals surface area (Å²) in [6.07, 6.45) is 0. The number of rotatable bonds is 4. The molecule has 0 saturated carbocycles. The molecule has 0 radical (unpaired) electrons. The quantitative estimate of drug-likeness (QED) is 0.887. The van der Waals surface area contributed by atoms with E-state index in [1.54, 1.807) is 6.07 Å². The molecule has 0 aliphatic carbocycles. The molecule has 0 fully saturated rings. The SMILES string of the molecule is CC(C)c1cc([C](=O)[Cr][OH])c(O)c(C(C)C)c1. The van der Waals surface area contributed by atoms with Gasteiger partial charge in [-0.2, -0.15) is 0 Å². The van der Waals surface area contributed by atoms with E-state index in [4.69, 9.17) is 4.16 Å². The van der Waals surface area contributed by atoms with E-state index in [9.17, 15) is 9.90 Å². The van der Waals surface area contributed by atoms with Gasteiger partial charge in [0.25, 0.3) is 0 Å². The number of carbonyl (C=O) groups excluding carboxylic acids is 1. The van der Waals surface area contributed by atoms with Crippen LogP contribution < -0.4 is 0 Å². The Bertz CT molecular complexity index is 425. The van der Waals surface area contributed by atoms with E-state index >= 15 is 0 Å². The first-order chi connectivity index (χ1) is 7.88. The number of benzene rings is 1. The summed E-state index contributed by atoms with van der Waals surface area (Å²) in [6, 6.07) is 3.62. The van der Waals surface area contributed by atoms with Gasteiger partial charge in [-0.25, -0.2) is 0 Å². The van der Waals surface area contributed by atoms with Crippen LogP contribution in [-0.4, -0.2) is 13.9 Å². The van der Waals surface area contributed by atoms with Crippen LogP contribution in [-0.2, 0) is 15.6 Å². The molecule has 0 aliphatic rings. The Morgan fingerprint density at radius 3 is 2.18 bits per heavy atom. The van der Waals surface area contributed by atoms with Crippen LogP contribution >= 0.6 is 0 Å². The van der Waals surface area contributed by atoms with Crippen molar-refractivity contribution in [2.45, 2.75) is 39.5 Å². The van der Waals surface area contributed by atoms with Crippen molar-refractivity contribution in [2.75, 3.05) is 0 Å². The van der Waals surface area contributed by atoms with Crippen LogP contribution in [0, 0.1) is 0 Å². The summed E-state index contributed by atoms with van der Waals surface area (Å²) in [5, 5.41) is 10.0. The molecule has 0 aliphatic heterocycles. The van der Waals surface area contributed by atoms with Gasteiger partial charge in [-0.05, 0) is 0 Å². The van der Waals surface area contributed by atoms with Crippen molar-refractivity contribution in [3.05, 3.63) is 28.8 Å². The molecule has 17 heavy (non-hydrogen) atoms. The number of hydrogen-bond donors (Lipinski definition) is 2. The van der Waals surface area contributed by atoms with Crippen molar-refractivity contribution in [1.29, 1.82) is 0 Å². The van der Waals surface area contributed by atoms with Crippen molar-refractivity contribution in [3.8, 4) is 5.75 Å². The van der Waals surface area contributed by atoms with Gasteiger partial charge >= 0.3 is 108 Å². The van der Waals surface area contributed by atoms with Gasteiger partial charge in [-0.15, -0.1) is 0 Å². The molecule has 1 rings (SSSR count). The maximum atomic E-state index is 11.6. The molecule has 94 valence electrons. The van der Waals surface area contributed by atoms with Gasteiger partial charge in [-0.3, -0.25) is 0 Å². The van der Waals surface area contributed by atoms with Crippen molar-refractivity contribution < 1.29 is 29.6 Å². The summed E-state index contributed by atoms with van der Waals surface area (Å²) in [6.45, 7) is 8.01. The van der Waals surface area contributed by atoms with E-state index in [1.165, 1.54) is 0 Å². The second-order valence-corrected chi connectivity index (χ2v) is 5.56. The first kappa shape index (κ1) is 14.2. The van der Waals surface area contributed by atoms with Gasteiger partial charge in [-0.1, -0.05) is 0 Å². The fraction of sp³-hybridized carbons (Fsp3) is 0.462. The van der Waals surface area contributed by atoms with Crippen LogP contribution in [0.15, 0.2) is 12.1 Å². The van der Waals surface area contributed by atoms with E-state index in [2.05, 4.69) is 0 Å². The minimum atomic E-state index is -1.11. The van der Waals surface area contributed by atoms with E-state index in [-0.39, 0.29) is 27.8 Å². The Kier molecular flexibility index (Phi) is 4.76.